The minimum Gasteiger partial charge on any atom is -0.352 e. The van der Waals surface area contributed by atoms with Gasteiger partial charge in [0, 0.05) is 30.4 Å². The third-order valence-electron chi connectivity index (χ3n) is 2.87. The van der Waals surface area contributed by atoms with Crippen LogP contribution in [-0.4, -0.2) is 15.7 Å². The zero-order valence-electron chi connectivity index (χ0n) is 11.0. The molecule has 19 heavy (non-hydrogen) atoms. The molecule has 2 aromatic rings. The molecule has 0 atom stereocenters. The third-order valence-corrected chi connectivity index (χ3v) is 3.12. The summed E-state index contributed by atoms with van der Waals surface area (Å²) in [5, 5.41) is 7.80. The molecule has 4 nitrogen and oxygen atoms in total. The molecule has 0 saturated carbocycles. The molecule has 1 aromatic carbocycles. The maximum absolute atomic E-state index is 11.8. The van der Waals surface area contributed by atoms with Crippen molar-refractivity contribution in [1.29, 1.82) is 0 Å². The smallest absolute Gasteiger partial charge is 0.224 e. The Kier molecular flexibility index (Phi) is 4.22. The monoisotopic (exact) mass is 277 g/mol. The Morgan fingerprint density at radius 1 is 1.37 bits per heavy atom. The van der Waals surface area contributed by atoms with E-state index in [-0.39, 0.29) is 5.91 Å². The number of rotatable bonds is 4. The number of aryl methyl sites for hydroxylation is 2. The van der Waals surface area contributed by atoms with Gasteiger partial charge in [0.2, 0.25) is 5.91 Å². The fourth-order valence-corrected chi connectivity index (χ4v) is 1.99. The van der Waals surface area contributed by atoms with Crippen molar-refractivity contribution in [3.8, 4) is 0 Å². The van der Waals surface area contributed by atoms with E-state index in [0.717, 1.165) is 16.8 Å². The van der Waals surface area contributed by atoms with Crippen LogP contribution in [0.4, 0.5) is 0 Å². The van der Waals surface area contributed by atoms with Crippen LogP contribution in [0.5, 0.6) is 0 Å². The fourth-order valence-electron chi connectivity index (χ4n) is 1.87. The van der Waals surface area contributed by atoms with Crippen LogP contribution >= 0.6 is 11.6 Å². The van der Waals surface area contributed by atoms with Gasteiger partial charge < -0.3 is 5.32 Å². The van der Waals surface area contributed by atoms with E-state index in [0.29, 0.717) is 18.0 Å². The molecule has 0 bridgehead atoms. The summed E-state index contributed by atoms with van der Waals surface area (Å²) < 4.78 is 1.75. The summed E-state index contributed by atoms with van der Waals surface area (Å²) in [4.78, 5) is 11.8. The quantitative estimate of drug-likeness (QED) is 0.932. The third kappa shape index (κ3) is 3.83. The first-order valence-corrected chi connectivity index (χ1v) is 6.42. The number of carbonyl (C=O) groups is 1. The summed E-state index contributed by atoms with van der Waals surface area (Å²) in [6, 6.07) is 7.29. The molecule has 0 spiro atoms. The summed E-state index contributed by atoms with van der Waals surface area (Å²) in [5.74, 6) is -0.00873. The molecule has 1 aromatic heterocycles. The molecule has 0 radical (unpaired) electrons. The van der Waals surface area contributed by atoms with Crippen LogP contribution in [0.15, 0.2) is 30.5 Å². The molecule has 5 heteroatoms. The Bertz CT molecular complexity index is 575. The maximum atomic E-state index is 11.8. The van der Waals surface area contributed by atoms with Crippen molar-refractivity contribution in [3.63, 3.8) is 0 Å². The highest BCUT2D eigenvalue weighted by atomic mass is 35.5. The Balaban J connectivity index is 1.88. The van der Waals surface area contributed by atoms with E-state index in [1.165, 1.54) is 0 Å². The molecule has 2 rings (SSSR count). The van der Waals surface area contributed by atoms with E-state index < -0.39 is 0 Å². The molecular formula is C14H16ClN3O. The average molecular weight is 278 g/mol. The number of hydrogen-bond acceptors (Lipinski definition) is 2. The summed E-state index contributed by atoms with van der Waals surface area (Å²) in [6.07, 6.45) is 2.27. The minimum absolute atomic E-state index is 0.00873. The van der Waals surface area contributed by atoms with Crippen LogP contribution in [-0.2, 0) is 24.8 Å². The number of aromatic nitrogens is 2. The number of hydrogen-bond donors (Lipinski definition) is 1. The van der Waals surface area contributed by atoms with E-state index in [9.17, 15) is 4.79 Å². The van der Waals surface area contributed by atoms with Gasteiger partial charge in [-0.05, 0) is 24.6 Å². The van der Waals surface area contributed by atoms with Crippen molar-refractivity contribution >= 4 is 17.5 Å². The number of benzene rings is 1. The van der Waals surface area contributed by atoms with Crippen molar-refractivity contribution in [2.45, 2.75) is 19.9 Å². The Labute approximate surface area is 117 Å². The van der Waals surface area contributed by atoms with Crippen LogP contribution in [0.25, 0.3) is 0 Å². The highest BCUT2D eigenvalue weighted by molar-refractivity contribution is 6.30. The zero-order valence-corrected chi connectivity index (χ0v) is 11.7. The van der Waals surface area contributed by atoms with Gasteiger partial charge in [-0.1, -0.05) is 23.7 Å². The van der Waals surface area contributed by atoms with Crippen LogP contribution in [0.1, 0.15) is 16.8 Å². The molecule has 1 heterocycles. The van der Waals surface area contributed by atoms with Gasteiger partial charge in [-0.15, -0.1) is 0 Å². The predicted octanol–water partition coefficient (Wildman–Crippen LogP) is 2.24. The largest absolute Gasteiger partial charge is 0.352 e. The number of amides is 1. The topological polar surface area (TPSA) is 46.9 Å². The minimum atomic E-state index is -0.00873. The van der Waals surface area contributed by atoms with Crippen LogP contribution < -0.4 is 5.32 Å². The van der Waals surface area contributed by atoms with E-state index in [2.05, 4.69) is 10.4 Å². The molecule has 1 amide bonds. The summed E-state index contributed by atoms with van der Waals surface area (Å²) in [5.41, 5.74) is 2.92. The second-order valence-corrected chi connectivity index (χ2v) is 4.93. The van der Waals surface area contributed by atoms with Crippen molar-refractivity contribution in [2.75, 3.05) is 0 Å². The lowest BCUT2D eigenvalue weighted by Crippen LogP contribution is -2.24. The number of carbonyl (C=O) groups excluding carboxylic acids is 1. The summed E-state index contributed by atoms with van der Waals surface area (Å²) in [7, 11) is 1.87. The van der Waals surface area contributed by atoms with Gasteiger partial charge in [0.05, 0.1) is 12.1 Å². The molecule has 0 unspecified atom stereocenters. The van der Waals surface area contributed by atoms with Crippen molar-refractivity contribution in [2.24, 2.45) is 7.05 Å². The number of halogens is 1. The molecule has 100 valence electrons. The van der Waals surface area contributed by atoms with Crippen molar-refractivity contribution in [3.05, 3.63) is 52.3 Å². The van der Waals surface area contributed by atoms with Crippen molar-refractivity contribution in [1.82, 2.24) is 15.1 Å². The van der Waals surface area contributed by atoms with Crippen LogP contribution in [0.2, 0.25) is 5.02 Å². The first kappa shape index (κ1) is 13.6. The first-order valence-electron chi connectivity index (χ1n) is 6.05. The lowest BCUT2D eigenvalue weighted by atomic mass is 10.1. The zero-order chi connectivity index (χ0) is 13.8. The van der Waals surface area contributed by atoms with Crippen LogP contribution in [0.3, 0.4) is 0 Å². The molecule has 0 aliphatic rings. The van der Waals surface area contributed by atoms with Gasteiger partial charge in [-0.2, -0.15) is 5.10 Å². The van der Waals surface area contributed by atoms with Gasteiger partial charge >= 0.3 is 0 Å². The Morgan fingerprint density at radius 3 is 2.63 bits per heavy atom. The van der Waals surface area contributed by atoms with E-state index in [4.69, 9.17) is 11.6 Å². The van der Waals surface area contributed by atoms with Gasteiger partial charge in [-0.25, -0.2) is 0 Å². The number of nitrogens with one attached hydrogen (secondary N) is 1. The summed E-state index contributed by atoms with van der Waals surface area (Å²) in [6.45, 7) is 2.44. The Hall–Kier alpha value is -1.81. The van der Waals surface area contributed by atoms with Crippen molar-refractivity contribution < 1.29 is 4.79 Å². The lowest BCUT2D eigenvalue weighted by Gasteiger charge is -2.04. The molecule has 0 saturated heterocycles. The van der Waals surface area contributed by atoms with E-state index >= 15 is 0 Å². The second kappa shape index (κ2) is 5.89. The second-order valence-electron chi connectivity index (χ2n) is 4.49. The molecule has 0 fully saturated rings. The van der Waals surface area contributed by atoms with Gasteiger partial charge in [0.1, 0.15) is 0 Å². The average Bonchev–Trinajstić information content (AvgIpc) is 2.68. The summed E-state index contributed by atoms with van der Waals surface area (Å²) >= 11 is 5.80. The standard InChI is InChI=1S/C14H16ClN3O/c1-10-12(9-18(2)17-10)8-16-14(19)7-11-3-5-13(15)6-4-11/h3-6,9H,7-8H2,1-2H3,(H,16,19). The van der Waals surface area contributed by atoms with Gasteiger partial charge in [-0.3, -0.25) is 9.48 Å². The fraction of sp³-hybridized carbons (Fsp3) is 0.286. The van der Waals surface area contributed by atoms with E-state index in [1.807, 2.05) is 32.3 Å². The molecule has 1 N–H and O–H groups in total. The maximum Gasteiger partial charge on any atom is 0.224 e. The SMILES string of the molecule is Cc1nn(C)cc1CNC(=O)Cc1ccc(Cl)cc1. The highest BCUT2D eigenvalue weighted by Gasteiger charge is 2.06. The first-order chi connectivity index (χ1) is 9.04. The normalized spacial score (nSPS) is 10.5. The lowest BCUT2D eigenvalue weighted by molar-refractivity contribution is -0.120. The predicted molar refractivity (Wildman–Crippen MR) is 74.9 cm³/mol. The van der Waals surface area contributed by atoms with Gasteiger partial charge in [0.15, 0.2) is 0 Å². The molecular weight excluding hydrogens is 262 g/mol. The Morgan fingerprint density at radius 2 is 2.05 bits per heavy atom. The highest BCUT2D eigenvalue weighted by Crippen LogP contribution is 2.10. The molecule has 0 aliphatic carbocycles. The molecule has 0 aliphatic heterocycles. The van der Waals surface area contributed by atoms with Crippen LogP contribution in [0, 0.1) is 6.92 Å². The number of nitrogens with zero attached hydrogens (tertiary/aromatic N) is 2. The van der Waals surface area contributed by atoms with Gasteiger partial charge in [0.25, 0.3) is 0 Å². The van der Waals surface area contributed by atoms with E-state index in [1.54, 1.807) is 16.8 Å².